The quantitative estimate of drug-likeness (QED) is 0.865. The first-order chi connectivity index (χ1) is 8.71. The van der Waals surface area contributed by atoms with E-state index in [1.165, 1.54) is 6.07 Å². The first-order valence-electron chi connectivity index (χ1n) is 6.12. The van der Waals surface area contributed by atoms with Crippen molar-refractivity contribution in [1.29, 1.82) is 0 Å². The van der Waals surface area contributed by atoms with E-state index in [-0.39, 0.29) is 6.04 Å². The highest BCUT2D eigenvalue weighted by atomic mass is 19.4. The SMILES string of the molecule is CC(O)c1cc2ccc(C(F)(F)F)cc2n1C(C)C. The van der Waals surface area contributed by atoms with Gasteiger partial charge >= 0.3 is 6.18 Å². The number of nitrogens with zero attached hydrogens (tertiary/aromatic N) is 1. The minimum Gasteiger partial charge on any atom is -0.387 e. The van der Waals surface area contributed by atoms with Crippen molar-refractivity contribution in [3.8, 4) is 0 Å². The van der Waals surface area contributed by atoms with Crippen LogP contribution in [0.3, 0.4) is 0 Å². The summed E-state index contributed by atoms with van der Waals surface area (Å²) < 4.78 is 40.0. The third kappa shape index (κ3) is 2.47. The van der Waals surface area contributed by atoms with Gasteiger partial charge in [0.1, 0.15) is 0 Å². The summed E-state index contributed by atoms with van der Waals surface area (Å²) >= 11 is 0. The molecule has 2 aromatic rings. The Labute approximate surface area is 109 Å². The van der Waals surface area contributed by atoms with Gasteiger partial charge in [-0.25, -0.2) is 0 Å². The number of rotatable bonds is 2. The first-order valence-corrected chi connectivity index (χ1v) is 6.12. The predicted molar refractivity (Wildman–Crippen MR) is 68.0 cm³/mol. The fourth-order valence-corrected chi connectivity index (χ4v) is 2.32. The maximum absolute atomic E-state index is 12.8. The predicted octanol–water partition coefficient (Wildman–Crippen LogP) is 4.29. The van der Waals surface area contributed by atoms with Crippen LogP contribution in [0.25, 0.3) is 10.9 Å². The second-order valence-electron chi connectivity index (χ2n) is 4.98. The van der Waals surface area contributed by atoms with Gasteiger partial charge in [0.25, 0.3) is 0 Å². The zero-order valence-electron chi connectivity index (χ0n) is 11.0. The molecular formula is C14H16F3NO. The van der Waals surface area contributed by atoms with Gasteiger partial charge in [-0.1, -0.05) is 6.07 Å². The largest absolute Gasteiger partial charge is 0.416 e. The number of halogens is 3. The summed E-state index contributed by atoms with van der Waals surface area (Å²) in [7, 11) is 0. The number of fused-ring (bicyclic) bond motifs is 1. The zero-order chi connectivity index (χ0) is 14.4. The summed E-state index contributed by atoms with van der Waals surface area (Å²) in [4.78, 5) is 0. The van der Waals surface area contributed by atoms with Crippen molar-refractivity contribution in [3.63, 3.8) is 0 Å². The summed E-state index contributed by atoms with van der Waals surface area (Å²) in [6.45, 7) is 5.37. The molecule has 0 amide bonds. The highest BCUT2D eigenvalue weighted by Crippen LogP contribution is 2.34. The third-order valence-electron chi connectivity index (χ3n) is 3.14. The maximum atomic E-state index is 12.8. The highest BCUT2D eigenvalue weighted by Gasteiger charge is 2.31. The van der Waals surface area contributed by atoms with E-state index >= 15 is 0 Å². The number of alkyl halides is 3. The minimum atomic E-state index is -4.36. The average molecular weight is 271 g/mol. The Balaban J connectivity index is 2.73. The maximum Gasteiger partial charge on any atom is 0.416 e. The summed E-state index contributed by atoms with van der Waals surface area (Å²) in [6.07, 6.45) is -5.07. The molecule has 0 aliphatic heterocycles. The summed E-state index contributed by atoms with van der Waals surface area (Å²) in [6, 6.07) is 5.37. The normalized spacial score (nSPS) is 14.3. The molecular weight excluding hydrogens is 255 g/mol. The van der Waals surface area contributed by atoms with Crippen LogP contribution < -0.4 is 0 Å². The van der Waals surface area contributed by atoms with Crippen molar-refractivity contribution in [1.82, 2.24) is 4.57 Å². The summed E-state index contributed by atoms with van der Waals surface area (Å²) in [5.41, 5.74) is 0.460. The van der Waals surface area contributed by atoms with E-state index in [2.05, 4.69) is 0 Å². The van der Waals surface area contributed by atoms with E-state index in [0.29, 0.717) is 16.6 Å². The Hall–Kier alpha value is -1.49. The lowest BCUT2D eigenvalue weighted by atomic mass is 10.1. The molecule has 1 unspecified atom stereocenters. The standard InChI is InChI=1S/C14H16F3NO/c1-8(2)18-12(9(3)19)6-10-4-5-11(7-13(10)18)14(15,16)17/h4-9,19H,1-3H3. The number of aromatic nitrogens is 1. The molecule has 0 aliphatic carbocycles. The Morgan fingerprint density at radius 2 is 1.74 bits per heavy atom. The average Bonchev–Trinajstić information content (AvgIpc) is 2.65. The van der Waals surface area contributed by atoms with Crippen molar-refractivity contribution in [2.75, 3.05) is 0 Å². The fraction of sp³-hybridized carbons (Fsp3) is 0.429. The second kappa shape index (κ2) is 4.56. The van der Waals surface area contributed by atoms with Crippen molar-refractivity contribution in [2.24, 2.45) is 0 Å². The molecule has 0 aliphatic rings. The molecule has 0 saturated carbocycles. The van der Waals surface area contributed by atoms with Gasteiger partial charge in [0, 0.05) is 17.3 Å². The summed E-state index contributed by atoms with van der Waals surface area (Å²) in [5, 5.41) is 10.4. The molecule has 1 heterocycles. The highest BCUT2D eigenvalue weighted by molar-refractivity contribution is 5.82. The molecule has 0 fully saturated rings. The van der Waals surface area contributed by atoms with Gasteiger partial charge in [0.15, 0.2) is 0 Å². The monoisotopic (exact) mass is 271 g/mol. The van der Waals surface area contributed by atoms with Crippen molar-refractivity contribution >= 4 is 10.9 Å². The topological polar surface area (TPSA) is 25.2 Å². The smallest absolute Gasteiger partial charge is 0.387 e. The van der Waals surface area contributed by atoms with Crippen LogP contribution in [0.2, 0.25) is 0 Å². The van der Waals surface area contributed by atoms with E-state index in [9.17, 15) is 18.3 Å². The van der Waals surface area contributed by atoms with Gasteiger partial charge in [-0.3, -0.25) is 0 Å². The van der Waals surface area contributed by atoms with Gasteiger partial charge < -0.3 is 9.67 Å². The van der Waals surface area contributed by atoms with Crippen molar-refractivity contribution in [2.45, 2.75) is 39.1 Å². The van der Waals surface area contributed by atoms with Gasteiger partial charge in [-0.05, 0) is 44.4 Å². The fourth-order valence-electron chi connectivity index (χ4n) is 2.32. The van der Waals surface area contributed by atoms with Crippen LogP contribution in [0.1, 0.15) is 44.2 Å². The molecule has 2 nitrogen and oxygen atoms in total. The van der Waals surface area contributed by atoms with E-state index in [4.69, 9.17) is 0 Å². The van der Waals surface area contributed by atoms with Crippen LogP contribution in [0, 0.1) is 0 Å². The lowest BCUT2D eigenvalue weighted by Gasteiger charge is -2.17. The Kier molecular flexibility index (Phi) is 3.34. The molecule has 0 bridgehead atoms. The van der Waals surface area contributed by atoms with Crippen molar-refractivity contribution in [3.05, 3.63) is 35.5 Å². The van der Waals surface area contributed by atoms with E-state index in [1.807, 2.05) is 13.8 Å². The molecule has 1 aromatic heterocycles. The zero-order valence-corrected chi connectivity index (χ0v) is 11.0. The molecule has 5 heteroatoms. The van der Waals surface area contributed by atoms with Gasteiger partial charge in [-0.15, -0.1) is 0 Å². The van der Waals surface area contributed by atoms with E-state index in [0.717, 1.165) is 12.1 Å². The number of benzene rings is 1. The van der Waals surface area contributed by atoms with Crippen LogP contribution in [-0.4, -0.2) is 9.67 Å². The Bertz CT molecular complexity index is 596. The lowest BCUT2D eigenvalue weighted by molar-refractivity contribution is -0.137. The number of aliphatic hydroxyl groups is 1. The van der Waals surface area contributed by atoms with Gasteiger partial charge in [-0.2, -0.15) is 13.2 Å². The molecule has 0 saturated heterocycles. The minimum absolute atomic E-state index is 0.0226. The van der Waals surface area contributed by atoms with Gasteiger partial charge in [0.2, 0.25) is 0 Å². The molecule has 1 N–H and O–H groups in total. The van der Waals surface area contributed by atoms with Crippen LogP contribution in [0.4, 0.5) is 13.2 Å². The number of aliphatic hydroxyl groups excluding tert-OH is 1. The lowest BCUT2D eigenvalue weighted by Crippen LogP contribution is -2.09. The summed E-state index contributed by atoms with van der Waals surface area (Å²) in [5.74, 6) is 0. The molecule has 1 atom stereocenters. The molecule has 2 rings (SSSR count). The Morgan fingerprint density at radius 3 is 2.21 bits per heavy atom. The van der Waals surface area contributed by atoms with Crippen LogP contribution in [0.5, 0.6) is 0 Å². The van der Waals surface area contributed by atoms with Crippen LogP contribution in [0.15, 0.2) is 24.3 Å². The second-order valence-corrected chi connectivity index (χ2v) is 4.98. The number of hydrogen-bond donors (Lipinski definition) is 1. The molecule has 104 valence electrons. The van der Waals surface area contributed by atoms with Crippen molar-refractivity contribution < 1.29 is 18.3 Å². The van der Waals surface area contributed by atoms with Gasteiger partial charge in [0.05, 0.1) is 11.7 Å². The van der Waals surface area contributed by atoms with E-state index in [1.54, 1.807) is 17.6 Å². The molecule has 0 spiro atoms. The molecule has 1 aromatic carbocycles. The first kappa shape index (κ1) is 13.9. The Morgan fingerprint density at radius 1 is 1.11 bits per heavy atom. The molecule has 0 radical (unpaired) electrons. The van der Waals surface area contributed by atoms with Crippen LogP contribution in [-0.2, 0) is 6.18 Å². The molecule has 19 heavy (non-hydrogen) atoms. The van der Waals surface area contributed by atoms with Crippen LogP contribution >= 0.6 is 0 Å². The third-order valence-corrected chi connectivity index (χ3v) is 3.14. The van der Waals surface area contributed by atoms with E-state index < -0.39 is 17.8 Å². The number of hydrogen-bond acceptors (Lipinski definition) is 1.